The van der Waals surface area contributed by atoms with Crippen LogP contribution in [-0.4, -0.2) is 27.9 Å². The third-order valence-corrected chi connectivity index (χ3v) is 2.33. The molecular weight excluding hydrogens is 206 g/mol. The van der Waals surface area contributed by atoms with Gasteiger partial charge < -0.3 is 19.9 Å². The summed E-state index contributed by atoms with van der Waals surface area (Å²) in [6.45, 7) is 4.25. The van der Waals surface area contributed by atoms with Crippen LogP contribution in [0, 0.1) is 0 Å². The average Bonchev–Trinajstić information content (AvgIpc) is 2.35. The Kier molecular flexibility index (Phi) is 4.19. The lowest BCUT2D eigenvalue weighted by Crippen LogP contribution is -2.03. The Morgan fingerprint density at radius 3 is 2.00 bits per heavy atom. The Morgan fingerprint density at radius 2 is 1.56 bits per heavy atom. The first-order valence-electron chi connectivity index (χ1n) is 4.86. The first-order valence-corrected chi connectivity index (χ1v) is 4.86. The molecular formula is C12H17NO3. The van der Waals surface area contributed by atoms with Gasteiger partial charge in [-0.1, -0.05) is 6.58 Å². The van der Waals surface area contributed by atoms with Gasteiger partial charge in [0.25, 0.3) is 0 Å². The van der Waals surface area contributed by atoms with E-state index < -0.39 is 0 Å². The normalized spacial score (nSPS) is 9.75. The molecule has 0 amide bonds. The van der Waals surface area contributed by atoms with Gasteiger partial charge in [-0.25, -0.2) is 0 Å². The molecule has 0 aromatic heterocycles. The summed E-state index contributed by atoms with van der Waals surface area (Å²) in [5.41, 5.74) is 7.19. The highest BCUT2D eigenvalue weighted by Gasteiger charge is 2.12. The van der Waals surface area contributed by atoms with Crippen LogP contribution < -0.4 is 19.9 Å². The van der Waals surface area contributed by atoms with Crippen LogP contribution >= 0.6 is 0 Å². The van der Waals surface area contributed by atoms with Crippen LogP contribution in [0.3, 0.4) is 0 Å². The first kappa shape index (κ1) is 12.4. The van der Waals surface area contributed by atoms with Crippen molar-refractivity contribution < 1.29 is 14.2 Å². The molecule has 1 aromatic carbocycles. The summed E-state index contributed by atoms with van der Waals surface area (Å²) in [4.78, 5) is 0. The van der Waals surface area contributed by atoms with E-state index in [2.05, 4.69) is 6.58 Å². The van der Waals surface area contributed by atoms with E-state index in [1.807, 2.05) is 6.07 Å². The molecule has 16 heavy (non-hydrogen) atoms. The summed E-state index contributed by atoms with van der Waals surface area (Å²) in [7, 11) is 4.75. The third kappa shape index (κ3) is 2.28. The van der Waals surface area contributed by atoms with Crippen LogP contribution in [0.2, 0.25) is 0 Å². The van der Waals surface area contributed by atoms with E-state index in [1.165, 1.54) is 0 Å². The van der Waals surface area contributed by atoms with Gasteiger partial charge in [-0.3, -0.25) is 0 Å². The van der Waals surface area contributed by atoms with Crippen molar-refractivity contribution in [1.29, 1.82) is 0 Å². The van der Waals surface area contributed by atoms with Crippen molar-refractivity contribution in [3.8, 4) is 17.2 Å². The zero-order chi connectivity index (χ0) is 12.1. The van der Waals surface area contributed by atoms with E-state index in [9.17, 15) is 0 Å². The minimum atomic E-state index is 0.367. The van der Waals surface area contributed by atoms with Crippen molar-refractivity contribution in [3.63, 3.8) is 0 Å². The standard InChI is InChI=1S/C12H17NO3/c1-8(7-13)9-5-11(15-3)12(16-4)6-10(9)14-2/h5-6H,1,7,13H2,2-4H3. The third-order valence-electron chi connectivity index (χ3n) is 2.33. The Labute approximate surface area is 95.6 Å². The summed E-state index contributed by atoms with van der Waals surface area (Å²) >= 11 is 0. The second kappa shape index (κ2) is 5.42. The Hall–Kier alpha value is -1.68. The van der Waals surface area contributed by atoms with E-state index in [0.717, 1.165) is 11.1 Å². The zero-order valence-electron chi connectivity index (χ0n) is 9.87. The zero-order valence-corrected chi connectivity index (χ0v) is 9.87. The fraction of sp³-hybridized carbons (Fsp3) is 0.333. The number of hydrogen-bond donors (Lipinski definition) is 1. The molecule has 0 atom stereocenters. The number of methoxy groups -OCH3 is 3. The maximum absolute atomic E-state index is 5.56. The molecule has 0 fully saturated rings. The van der Waals surface area contributed by atoms with Crippen LogP contribution in [0.5, 0.6) is 17.2 Å². The van der Waals surface area contributed by atoms with Crippen molar-refractivity contribution in [2.24, 2.45) is 5.73 Å². The van der Waals surface area contributed by atoms with Gasteiger partial charge >= 0.3 is 0 Å². The molecule has 0 saturated carbocycles. The molecule has 0 unspecified atom stereocenters. The van der Waals surface area contributed by atoms with Gasteiger partial charge in [0.1, 0.15) is 5.75 Å². The summed E-state index contributed by atoms with van der Waals surface area (Å²) in [5.74, 6) is 1.92. The molecule has 0 aliphatic heterocycles. The van der Waals surface area contributed by atoms with Gasteiger partial charge in [-0.05, 0) is 11.6 Å². The monoisotopic (exact) mass is 223 g/mol. The van der Waals surface area contributed by atoms with Crippen molar-refractivity contribution in [2.75, 3.05) is 27.9 Å². The molecule has 2 N–H and O–H groups in total. The van der Waals surface area contributed by atoms with Crippen molar-refractivity contribution in [3.05, 3.63) is 24.3 Å². The maximum Gasteiger partial charge on any atom is 0.164 e. The molecule has 1 aromatic rings. The summed E-state index contributed by atoms with van der Waals surface area (Å²) in [6.07, 6.45) is 0. The highest BCUT2D eigenvalue weighted by Crippen LogP contribution is 2.37. The smallest absolute Gasteiger partial charge is 0.164 e. The lowest BCUT2D eigenvalue weighted by molar-refractivity contribution is 0.348. The topological polar surface area (TPSA) is 53.7 Å². The molecule has 0 radical (unpaired) electrons. The maximum atomic E-state index is 5.56. The number of rotatable bonds is 5. The summed E-state index contributed by atoms with van der Waals surface area (Å²) < 4.78 is 15.6. The minimum absolute atomic E-state index is 0.367. The molecule has 0 bridgehead atoms. The number of ether oxygens (including phenoxy) is 3. The quantitative estimate of drug-likeness (QED) is 0.825. The first-order chi connectivity index (χ1) is 7.67. The van der Waals surface area contributed by atoms with Gasteiger partial charge in [0.05, 0.1) is 21.3 Å². The molecule has 0 aliphatic rings. The van der Waals surface area contributed by atoms with Crippen LogP contribution in [0.1, 0.15) is 5.56 Å². The lowest BCUT2D eigenvalue weighted by Gasteiger charge is -2.14. The van der Waals surface area contributed by atoms with Gasteiger partial charge in [0.15, 0.2) is 11.5 Å². The molecule has 4 nitrogen and oxygen atoms in total. The molecule has 88 valence electrons. The van der Waals surface area contributed by atoms with E-state index in [0.29, 0.717) is 23.8 Å². The molecule has 4 heteroatoms. The van der Waals surface area contributed by atoms with E-state index in [-0.39, 0.29) is 0 Å². The summed E-state index contributed by atoms with van der Waals surface area (Å²) in [5, 5.41) is 0. The lowest BCUT2D eigenvalue weighted by atomic mass is 10.1. The van der Waals surface area contributed by atoms with Gasteiger partial charge in [0.2, 0.25) is 0 Å². The second-order valence-corrected chi connectivity index (χ2v) is 3.22. The Balaban J connectivity index is 3.31. The Bertz CT molecular complexity index is 388. The van der Waals surface area contributed by atoms with Crippen LogP contribution in [0.25, 0.3) is 5.57 Å². The fourth-order valence-corrected chi connectivity index (χ4v) is 1.42. The number of benzene rings is 1. The number of nitrogens with two attached hydrogens (primary N) is 1. The predicted molar refractivity (Wildman–Crippen MR) is 64.2 cm³/mol. The minimum Gasteiger partial charge on any atom is -0.496 e. The van der Waals surface area contributed by atoms with Crippen LogP contribution in [0.15, 0.2) is 18.7 Å². The summed E-state index contributed by atoms with van der Waals surface area (Å²) in [6, 6.07) is 3.57. The van der Waals surface area contributed by atoms with Crippen LogP contribution in [0.4, 0.5) is 0 Å². The Morgan fingerprint density at radius 1 is 1.06 bits per heavy atom. The van der Waals surface area contributed by atoms with Gasteiger partial charge in [-0.15, -0.1) is 0 Å². The molecule has 0 aliphatic carbocycles. The number of hydrogen-bond acceptors (Lipinski definition) is 4. The highest BCUT2D eigenvalue weighted by molar-refractivity contribution is 5.73. The molecule has 0 heterocycles. The van der Waals surface area contributed by atoms with Gasteiger partial charge in [-0.2, -0.15) is 0 Å². The van der Waals surface area contributed by atoms with Crippen molar-refractivity contribution >= 4 is 5.57 Å². The van der Waals surface area contributed by atoms with E-state index in [4.69, 9.17) is 19.9 Å². The second-order valence-electron chi connectivity index (χ2n) is 3.22. The molecule has 0 saturated heterocycles. The fourth-order valence-electron chi connectivity index (χ4n) is 1.42. The highest BCUT2D eigenvalue weighted by atomic mass is 16.5. The SMILES string of the molecule is C=C(CN)c1cc(OC)c(OC)cc1OC. The van der Waals surface area contributed by atoms with Crippen LogP contribution in [-0.2, 0) is 0 Å². The molecule has 0 spiro atoms. The largest absolute Gasteiger partial charge is 0.496 e. The van der Waals surface area contributed by atoms with Crippen molar-refractivity contribution in [1.82, 2.24) is 0 Å². The average molecular weight is 223 g/mol. The van der Waals surface area contributed by atoms with E-state index >= 15 is 0 Å². The van der Waals surface area contributed by atoms with E-state index in [1.54, 1.807) is 27.4 Å². The van der Waals surface area contributed by atoms with Gasteiger partial charge in [0, 0.05) is 18.2 Å². The predicted octanol–water partition coefficient (Wildman–Crippen LogP) is 1.68. The molecule has 1 rings (SSSR count). The van der Waals surface area contributed by atoms with Crippen molar-refractivity contribution in [2.45, 2.75) is 0 Å².